The van der Waals surface area contributed by atoms with Crippen molar-refractivity contribution in [3.8, 4) is 17.9 Å². The van der Waals surface area contributed by atoms with Gasteiger partial charge in [0.05, 0.1) is 12.2 Å². The third-order valence-corrected chi connectivity index (χ3v) is 2.84. The molecule has 0 saturated heterocycles. The molecular formula is C16H15N5O. The van der Waals surface area contributed by atoms with E-state index in [1.807, 2.05) is 48.1 Å². The van der Waals surface area contributed by atoms with Crippen LogP contribution in [-0.4, -0.2) is 16.4 Å². The number of nitrogens with one attached hydrogen (secondary N) is 1. The molecule has 110 valence electrons. The Labute approximate surface area is 128 Å². The summed E-state index contributed by atoms with van der Waals surface area (Å²) < 4.78 is 7.47. The van der Waals surface area contributed by atoms with Gasteiger partial charge in [-0.2, -0.15) is 15.6 Å². The van der Waals surface area contributed by atoms with Gasteiger partial charge in [-0.3, -0.25) is 4.68 Å². The first-order chi connectivity index (χ1) is 10.7. The third-order valence-electron chi connectivity index (χ3n) is 2.84. The van der Waals surface area contributed by atoms with Crippen LogP contribution in [0.5, 0.6) is 5.75 Å². The number of nitriles is 2. The molecule has 0 spiro atoms. The first-order valence-electron chi connectivity index (χ1n) is 6.71. The number of hydrogen-bond acceptors (Lipinski definition) is 5. The number of allylic oxidation sites excluding steroid dienone is 1. The third kappa shape index (κ3) is 4.39. The Kier molecular flexibility index (Phi) is 5.17. The fraction of sp³-hybridized carbons (Fsp3) is 0.188. The summed E-state index contributed by atoms with van der Waals surface area (Å²) in [6.07, 6.45) is 3.29. The van der Waals surface area contributed by atoms with Crippen molar-refractivity contribution >= 4 is 5.69 Å². The second kappa shape index (κ2) is 7.51. The van der Waals surface area contributed by atoms with Gasteiger partial charge >= 0.3 is 0 Å². The minimum Gasteiger partial charge on any atom is -0.492 e. The minimum atomic E-state index is 0.0230. The molecule has 0 unspecified atom stereocenters. The Morgan fingerprint density at radius 1 is 1.27 bits per heavy atom. The molecule has 2 aromatic rings. The molecule has 6 heteroatoms. The van der Waals surface area contributed by atoms with Crippen molar-refractivity contribution < 1.29 is 4.74 Å². The summed E-state index contributed by atoms with van der Waals surface area (Å²) in [6.45, 7) is 3.16. The molecule has 0 aliphatic carbocycles. The van der Waals surface area contributed by atoms with Crippen LogP contribution in [0.2, 0.25) is 0 Å². The van der Waals surface area contributed by atoms with Crippen LogP contribution in [0, 0.1) is 29.6 Å². The molecule has 1 aromatic carbocycles. The second-order valence-corrected chi connectivity index (χ2v) is 4.52. The zero-order chi connectivity index (χ0) is 15.8. The highest BCUT2D eigenvalue weighted by Crippen LogP contribution is 2.16. The van der Waals surface area contributed by atoms with E-state index in [4.69, 9.17) is 15.3 Å². The molecule has 6 nitrogen and oxygen atoms in total. The largest absolute Gasteiger partial charge is 0.492 e. The van der Waals surface area contributed by atoms with Gasteiger partial charge in [0, 0.05) is 18.1 Å². The molecule has 1 heterocycles. The number of benzene rings is 1. The number of anilines is 1. The number of hydrogen-bond donors (Lipinski definition) is 1. The smallest absolute Gasteiger partial charge is 0.145 e. The lowest BCUT2D eigenvalue weighted by molar-refractivity contribution is 0.291. The highest BCUT2D eigenvalue weighted by atomic mass is 16.5. The fourth-order valence-corrected chi connectivity index (χ4v) is 1.74. The highest BCUT2D eigenvalue weighted by Gasteiger charge is 1.98. The van der Waals surface area contributed by atoms with Crippen LogP contribution in [0.15, 0.2) is 48.3 Å². The SMILES string of the molecule is Cc1ccn(CCOc2ccc(NC=C(C#N)C#N)cc2)n1. The maximum Gasteiger partial charge on any atom is 0.145 e. The van der Waals surface area contributed by atoms with E-state index < -0.39 is 0 Å². The standard InChI is InChI=1S/C16H15N5O/c1-13-6-7-21(20-13)8-9-22-16-4-2-15(3-5-16)19-12-14(10-17)11-18/h2-7,12,19H,8-9H2,1H3. The average molecular weight is 293 g/mol. The Morgan fingerprint density at radius 2 is 2.00 bits per heavy atom. The van der Waals surface area contributed by atoms with E-state index >= 15 is 0 Å². The summed E-state index contributed by atoms with van der Waals surface area (Å²) in [5.74, 6) is 0.749. The Bertz CT molecular complexity index is 715. The molecule has 0 aliphatic rings. The molecule has 0 saturated carbocycles. The number of nitrogens with zero attached hydrogens (tertiary/aromatic N) is 4. The lowest BCUT2D eigenvalue weighted by atomic mass is 10.3. The van der Waals surface area contributed by atoms with Crippen molar-refractivity contribution in [2.45, 2.75) is 13.5 Å². The molecule has 0 aliphatic heterocycles. The van der Waals surface area contributed by atoms with Crippen molar-refractivity contribution in [2.75, 3.05) is 11.9 Å². The van der Waals surface area contributed by atoms with Crippen molar-refractivity contribution in [3.05, 3.63) is 54.0 Å². The molecule has 0 amide bonds. The summed E-state index contributed by atoms with van der Waals surface area (Å²) in [4.78, 5) is 0. The average Bonchev–Trinajstić information content (AvgIpc) is 2.95. The van der Waals surface area contributed by atoms with E-state index in [-0.39, 0.29) is 5.57 Å². The maximum absolute atomic E-state index is 8.63. The van der Waals surface area contributed by atoms with Gasteiger partial charge < -0.3 is 10.1 Å². The van der Waals surface area contributed by atoms with Gasteiger partial charge in [0.1, 0.15) is 30.1 Å². The van der Waals surface area contributed by atoms with E-state index in [0.717, 1.165) is 17.1 Å². The molecule has 0 bridgehead atoms. The highest BCUT2D eigenvalue weighted by molar-refractivity contribution is 5.51. The summed E-state index contributed by atoms with van der Waals surface area (Å²) in [5, 5.41) is 24.4. The fourth-order valence-electron chi connectivity index (χ4n) is 1.74. The molecule has 0 fully saturated rings. The Morgan fingerprint density at radius 3 is 2.59 bits per heavy atom. The van der Waals surface area contributed by atoms with E-state index in [0.29, 0.717) is 13.2 Å². The number of ether oxygens (including phenoxy) is 1. The molecule has 0 radical (unpaired) electrons. The lowest BCUT2D eigenvalue weighted by Crippen LogP contribution is -2.08. The topological polar surface area (TPSA) is 86.7 Å². The van der Waals surface area contributed by atoms with E-state index in [1.54, 1.807) is 12.1 Å². The van der Waals surface area contributed by atoms with Gasteiger partial charge in [0.15, 0.2) is 0 Å². The predicted molar refractivity (Wildman–Crippen MR) is 81.8 cm³/mol. The molecule has 0 atom stereocenters. The predicted octanol–water partition coefficient (Wildman–Crippen LogP) is 2.61. The first-order valence-corrected chi connectivity index (χ1v) is 6.71. The van der Waals surface area contributed by atoms with Crippen LogP contribution in [0.1, 0.15) is 5.69 Å². The van der Waals surface area contributed by atoms with Gasteiger partial charge in [0.2, 0.25) is 0 Å². The zero-order valence-corrected chi connectivity index (χ0v) is 12.2. The molecule has 1 aromatic heterocycles. The zero-order valence-electron chi connectivity index (χ0n) is 12.2. The van der Waals surface area contributed by atoms with Gasteiger partial charge in [-0.05, 0) is 37.3 Å². The summed E-state index contributed by atoms with van der Waals surface area (Å²) >= 11 is 0. The molecule has 2 rings (SSSR count). The Hall–Kier alpha value is -3.25. The van der Waals surface area contributed by atoms with Crippen LogP contribution in [0.25, 0.3) is 0 Å². The van der Waals surface area contributed by atoms with Crippen LogP contribution >= 0.6 is 0 Å². The monoisotopic (exact) mass is 293 g/mol. The van der Waals surface area contributed by atoms with Crippen molar-refractivity contribution in [1.82, 2.24) is 9.78 Å². The number of aryl methyl sites for hydroxylation is 1. The Balaban J connectivity index is 1.83. The molecule has 22 heavy (non-hydrogen) atoms. The van der Waals surface area contributed by atoms with Gasteiger partial charge in [-0.1, -0.05) is 0 Å². The normalized spacial score (nSPS) is 9.41. The van der Waals surface area contributed by atoms with Gasteiger partial charge in [-0.25, -0.2) is 0 Å². The van der Waals surface area contributed by atoms with E-state index in [2.05, 4.69) is 10.4 Å². The van der Waals surface area contributed by atoms with Crippen LogP contribution < -0.4 is 10.1 Å². The van der Waals surface area contributed by atoms with Crippen molar-refractivity contribution in [2.24, 2.45) is 0 Å². The summed E-state index contributed by atoms with van der Waals surface area (Å²) in [5.41, 5.74) is 1.78. The van der Waals surface area contributed by atoms with Crippen molar-refractivity contribution in [3.63, 3.8) is 0 Å². The van der Waals surface area contributed by atoms with Crippen LogP contribution in [-0.2, 0) is 6.54 Å². The lowest BCUT2D eigenvalue weighted by Gasteiger charge is -2.07. The first kappa shape index (κ1) is 15.1. The second-order valence-electron chi connectivity index (χ2n) is 4.52. The van der Waals surface area contributed by atoms with E-state index in [1.165, 1.54) is 6.20 Å². The summed E-state index contributed by atoms with van der Waals surface area (Å²) in [7, 11) is 0. The van der Waals surface area contributed by atoms with Crippen LogP contribution in [0.3, 0.4) is 0 Å². The van der Waals surface area contributed by atoms with Gasteiger partial charge in [0.25, 0.3) is 0 Å². The quantitative estimate of drug-likeness (QED) is 0.827. The molecular weight excluding hydrogens is 278 g/mol. The van der Waals surface area contributed by atoms with Crippen molar-refractivity contribution in [1.29, 1.82) is 10.5 Å². The summed E-state index contributed by atoms with van der Waals surface area (Å²) in [6, 6.07) is 12.8. The van der Waals surface area contributed by atoms with Gasteiger partial charge in [-0.15, -0.1) is 0 Å². The number of rotatable bonds is 6. The number of aromatic nitrogens is 2. The molecule has 1 N–H and O–H groups in total. The van der Waals surface area contributed by atoms with E-state index in [9.17, 15) is 0 Å². The van der Waals surface area contributed by atoms with Crippen LogP contribution in [0.4, 0.5) is 5.69 Å². The minimum absolute atomic E-state index is 0.0230. The maximum atomic E-state index is 8.63.